The van der Waals surface area contributed by atoms with Crippen molar-refractivity contribution in [2.24, 2.45) is 0 Å². The molecule has 2 rings (SSSR count). The Balaban J connectivity index is 2.05. The van der Waals surface area contributed by atoms with Gasteiger partial charge in [0, 0.05) is 18.4 Å². The molecule has 2 aromatic carbocycles. The van der Waals surface area contributed by atoms with Gasteiger partial charge in [-0.25, -0.2) is 0 Å². The molecule has 0 aromatic heterocycles. The summed E-state index contributed by atoms with van der Waals surface area (Å²) < 4.78 is 11.1. The molecular formula is C18H17IO5. The van der Waals surface area contributed by atoms with Crippen molar-refractivity contribution in [1.82, 2.24) is 0 Å². The fourth-order valence-electron chi connectivity index (χ4n) is 2.23. The van der Waals surface area contributed by atoms with E-state index in [-0.39, 0.29) is 35.7 Å². The van der Waals surface area contributed by atoms with Crippen LogP contribution in [0.2, 0.25) is 0 Å². The molecule has 6 heteroatoms. The summed E-state index contributed by atoms with van der Waals surface area (Å²) in [7, 11) is 1.51. The van der Waals surface area contributed by atoms with Crippen LogP contribution in [0.15, 0.2) is 42.5 Å². The number of rotatable bonds is 8. The molecule has 0 spiro atoms. The Labute approximate surface area is 153 Å². The SMILES string of the molecule is COc1cc(C(=O)CCC(=O)c2ccccc2O)ccc1OCI. The Kier molecular flexibility index (Phi) is 6.60. The van der Waals surface area contributed by atoms with Gasteiger partial charge in [0.25, 0.3) is 0 Å². The zero-order chi connectivity index (χ0) is 17.5. The Hall–Kier alpha value is -2.09. The van der Waals surface area contributed by atoms with Crippen molar-refractivity contribution in [3.05, 3.63) is 53.6 Å². The number of carbonyl (C=O) groups is 2. The Bertz CT molecular complexity index is 742. The number of benzene rings is 2. The van der Waals surface area contributed by atoms with Gasteiger partial charge >= 0.3 is 0 Å². The number of hydrogen-bond donors (Lipinski definition) is 1. The fraction of sp³-hybridized carbons (Fsp3) is 0.222. The summed E-state index contributed by atoms with van der Waals surface area (Å²) in [4.78, 5) is 24.4. The summed E-state index contributed by atoms with van der Waals surface area (Å²) in [6.07, 6.45) is 0.0908. The van der Waals surface area contributed by atoms with Crippen molar-refractivity contribution in [2.75, 3.05) is 11.7 Å². The normalized spacial score (nSPS) is 10.2. The quantitative estimate of drug-likeness (QED) is 0.382. The van der Waals surface area contributed by atoms with Crippen LogP contribution in [0.1, 0.15) is 33.6 Å². The Morgan fingerprint density at radius 2 is 1.75 bits per heavy atom. The number of aromatic hydroxyl groups is 1. The van der Waals surface area contributed by atoms with Crippen LogP contribution < -0.4 is 9.47 Å². The molecule has 0 heterocycles. The first-order valence-corrected chi connectivity index (χ1v) is 8.80. The van der Waals surface area contributed by atoms with Crippen LogP contribution in [0.3, 0.4) is 0 Å². The van der Waals surface area contributed by atoms with Gasteiger partial charge in [-0.05, 0) is 52.9 Å². The Morgan fingerprint density at radius 3 is 2.42 bits per heavy atom. The minimum Gasteiger partial charge on any atom is -0.507 e. The highest BCUT2D eigenvalue weighted by atomic mass is 127. The van der Waals surface area contributed by atoms with Gasteiger partial charge < -0.3 is 14.6 Å². The topological polar surface area (TPSA) is 72.8 Å². The second-order valence-electron chi connectivity index (χ2n) is 4.98. The third kappa shape index (κ3) is 4.47. The fourth-order valence-corrected chi connectivity index (χ4v) is 2.57. The molecule has 0 aliphatic rings. The summed E-state index contributed by atoms with van der Waals surface area (Å²) in [6.45, 7) is 0. The molecule has 0 fully saturated rings. The molecule has 126 valence electrons. The van der Waals surface area contributed by atoms with E-state index in [0.717, 1.165) is 0 Å². The zero-order valence-corrected chi connectivity index (χ0v) is 15.3. The first-order chi connectivity index (χ1) is 11.6. The average Bonchev–Trinajstić information content (AvgIpc) is 2.60. The maximum absolute atomic E-state index is 12.3. The van der Waals surface area contributed by atoms with E-state index in [1.807, 2.05) is 0 Å². The lowest BCUT2D eigenvalue weighted by Crippen LogP contribution is -2.06. The highest BCUT2D eigenvalue weighted by Gasteiger charge is 2.15. The van der Waals surface area contributed by atoms with Crippen molar-refractivity contribution in [3.8, 4) is 17.2 Å². The molecule has 0 radical (unpaired) electrons. The highest BCUT2D eigenvalue weighted by molar-refractivity contribution is 14.1. The first-order valence-electron chi connectivity index (χ1n) is 7.28. The van der Waals surface area contributed by atoms with Crippen LogP contribution in [0.5, 0.6) is 17.2 Å². The first kappa shape index (κ1) is 18.3. The van der Waals surface area contributed by atoms with Crippen LogP contribution >= 0.6 is 22.6 Å². The van der Waals surface area contributed by atoms with Gasteiger partial charge in [0.05, 0.1) is 12.7 Å². The molecular weight excluding hydrogens is 423 g/mol. The van der Waals surface area contributed by atoms with Crippen LogP contribution in [0.4, 0.5) is 0 Å². The standard InChI is InChI=1S/C18H17IO5/c1-23-18-10-12(6-9-17(18)24-11-19)14(20)7-8-16(22)13-4-2-3-5-15(13)21/h2-6,9-10,21H,7-8,11H2,1H3. The maximum Gasteiger partial charge on any atom is 0.167 e. The van der Waals surface area contributed by atoms with E-state index in [1.54, 1.807) is 36.4 Å². The van der Waals surface area contributed by atoms with E-state index in [0.29, 0.717) is 21.7 Å². The third-order valence-electron chi connectivity index (χ3n) is 3.48. The molecule has 24 heavy (non-hydrogen) atoms. The summed E-state index contributed by atoms with van der Waals surface area (Å²) in [5.41, 5.74) is 0.686. The molecule has 0 atom stereocenters. The predicted octanol–water partition coefficient (Wildman–Crippen LogP) is 4.02. The number of methoxy groups -OCH3 is 1. The predicted molar refractivity (Wildman–Crippen MR) is 98.5 cm³/mol. The largest absolute Gasteiger partial charge is 0.507 e. The molecule has 0 amide bonds. The number of ether oxygens (including phenoxy) is 2. The molecule has 0 bridgehead atoms. The number of para-hydroxylation sites is 1. The highest BCUT2D eigenvalue weighted by Crippen LogP contribution is 2.29. The lowest BCUT2D eigenvalue weighted by Gasteiger charge is -2.10. The zero-order valence-electron chi connectivity index (χ0n) is 13.1. The summed E-state index contributed by atoms with van der Waals surface area (Å²) in [5, 5.41) is 9.68. The molecule has 0 aliphatic carbocycles. The molecule has 0 unspecified atom stereocenters. The van der Waals surface area contributed by atoms with Crippen LogP contribution in [-0.2, 0) is 0 Å². The van der Waals surface area contributed by atoms with Crippen LogP contribution in [0, 0.1) is 0 Å². The van der Waals surface area contributed by atoms with Gasteiger partial charge in [0.15, 0.2) is 23.1 Å². The van der Waals surface area contributed by atoms with Crippen molar-refractivity contribution in [2.45, 2.75) is 12.8 Å². The van der Waals surface area contributed by atoms with Crippen molar-refractivity contribution < 1.29 is 24.2 Å². The van der Waals surface area contributed by atoms with Crippen molar-refractivity contribution in [3.63, 3.8) is 0 Å². The van der Waals surface area contributed by atoms with E-state index in [1.165, 1.54) is 13.2 Å². The molecule has 5 nitrogen and oxygen atoms in total. The van der Waals surface area contributed by atoms with E-state index in [2.05, 4.69) is 22.6 Å². The third-order valence-corrected chi connectivity index (χ3v) is 3.79. The summed E-state index contributed by atoms with van der Waals surface area (Å²) in [6, 6.07) is 11.2. The number of ketones is 2. The molecule has 2 aromatic rings. The van der Waals surface area contributed by atoms with E-state index < -0.39 is 0 Å². The number of carbonyl (C=O) groups excluding carboxylic acids is 2. The van der Waals surface area contributed by atoms with Gasteiger partial charge in [-0.15, -0.1) is 0 Å². The minimum absolute atomic E-state index is 0.0325. The van der Waals surface area contributed by atoms with Gasteiger partial charge in [-0.2, -0.15) is 0 Å². The number of phenolic OH excluding ortho intramolecular Hbond substituents is 1. The second kappa shape index (κ2) is 8.68. The van der Waals surface area contributed by atoms with E-state index in [9.17, 15) is 14.7 Å². The summed E-state index contributed by atoms with van der Waals surface area (Å²) in [5.74, 6) is 0.534. The lowest BCUT2D eigenvalue weighted by molar-refractivity contribution is 0.0915. The minimum atomic E-state index is -0.265. The van der Waals surface area contributed by atoms with Crippen molar-refractivity contribution >= 4 is 34.2 Å². The average molecular weight is 440 g/mol. The monoisotopic (exact) mass is 440 g/mol. The number of Topliss-reactive ketones (excluding diaryl/α,β-unsaturated/α-hetero) is 2. The van der Waals surface area contributed by atoms with Gasteiger partial charge in [-0.3, -0.25) is 9.59 Å². The number of alkyl halides is 1. The Morgan fingerprint density at radius 1 is 1.04 bits per heavy atom. The molecule has 0 aliphatic heterocycles. The number of hydrogen-bond acceptors (Lipinski definition) is 5. The van der Waals surface area contributed by atoms with Crippen LogP contribution in [-0.4, -0.2) is 28.4 Å². The molecule has 0 saturated carbocycles. The number of halogens is 1. The van der Waals surface area contributed by atoms with Gasteiger partial charge in [-0.1, -0.05) is 12.1 Å². The lowest BCUT2D eigenvalue weighted by atomic mass is 10.0. The van der Waals surface area contributed by atoms with E-state index in [4.69, 9.17) is 9.47 Å². The van der Waals surface area contributed by atoms with Crippen LogP contribution in [0.25, 0.3) is 0 Å². The van der Waals surface area contributed by atoms with Gasteiger partial charge in [0.2, 0.25) is 0 Å². The molecule has 0 saturated heterocycles. The molecule has 1 N–H and O–H groups in total. The van der Waals surface area contributed by atoms with E-state index >= 15 is 0 Å². The number of phenols is 1. The maximum atomic E-state index is 12.3. The van der Waals surface area contributed by atoms with Gasteiger partial charge in [0.1, 0.15) is 10.4 Å². The summed E-state index contributed by atoms with van der Waals surface area (Å²) >= 11 is 2.07. The second-order valence-corrected chi connectivity index (χ2v) is 5.61. The van der Waals surface area contributed by atoms with Crippen molar-refractivity contribution in [1.29, 1.82) is 0 Å². The smallest absolute Gasteiger partial charge is 0.167 e.